The van der Waals surface area contributed by atoms with Crippen LogP contribution in [-0.2, 0) is 0 Å². The van der Waals surface area contributed by atoms with Crippen molar-refractivity contribution in [2.45, 2.75) is 13.3 Å². The molecule has 1 aromatic carbocycles. The van der Waals surface area contributed by atoms with E-state index >= 15 is 0 Å². The van der Waals surface area contributed by atoms with Crippen molar-refractivity contribution in [3.8, 4) is 0 Å². The third-order valence-corrected chi connectivity index (χ3v) is 3.64. The van der Waals surface area contributed by atoms with Gasteiger partial charge in [-0.05, 0) is 25.1 Å². The molecule has 18 heavy (non-hydrogen) atoms. The number of benzene rings is 1. The molecule has 2 N–H and O–H groups in total. The maximum atomic E-state index is 5.79. The minimum Gasteiger partial charge on any atom is -0.389 e. The average molecular weight is 263 g/mol. The molecule has 1 aromatic rings. The maximum absolute atomic E-state index is 5.79. The summed E-state index contributed by atoms with van der Waals surface area (Å²) < 4.78 is 0. The molecule has 4 heteroatoms. The van der Waals surface area contributed by atoms with Crippen LogP contribution in [0.4, 0.5) is 5.69 Å². The van der Waals surface area contributed by atoms with Gasteiger partial charge in [0.25, 0.3) is 0 Å². The second-order valence-corrected chi connectivity index (χ2v) is 5.15. The van der Waals surface area contributed by atoms with E-state index in [0.717, 1.165) is 31.7 Å². The van der Waals surface area contributed by atoms with E-state index in [-0.39, 0.29) is 0 Å². The second-order valence-electron chi connectivity index (χ2n) is 4.71. The third kappa shape index (κ3) is 3.00. The number of hydrogen-bond acceptors (Lipinski definition) is 3. The van der Waals surface area contributed by atoms with Crippen LogP contribution in [0.1, 0.15) is 18.9 Å². The lowest BCUT2D eigenvalue weighted by Gasteiger charge is -2.36. The molecule has 3 nitrogen and oxygen atoms in total. The number of thiocarbonyl (C=S) groups is 1. The van der Waals surface area contributed by atoms with Gasteiger partial charge in [0.1, 0.15) is 4.99 Å². The van der Waals surface area contributed by atoms with Crippen molar-refractivity contribution in [2.24, 2.45) is 5.73 Å². The Morgan fingerprint density at radius 1 is 1.22 bits per heavy atom. The molecular weight excluding hydrogens is 242 g/mol. The maximum Gasteiger partial charge on any atom is 0.106 e. The Hall–Kier alpha value is -1.13. The van der Waals surface area contributed by atoms with E-state index in [1.807, 2.05) is 12.1 Å². The molecule has 1 heterocycles. The molecule has 0 aliphatic carbocycles. The van der Waals surface area contributed by atoms with Crippen LogP contribution in [0.25, 0.3) is 0 Å². The van der Waals surface area contributed by atoms with Crippen molar-refractivity contribution in [1.29, 1.82) is 0 Å². The van der Waals surface area contributed by atoms with Crippen LogP contribution in [0.2, 0.25) is 0 Å². The highest BCUT2D eigenvalue weighted by Gasteiger charge is 2.18. The zero-order valence-corrected chi connectivity index (χ0v) is 11.7. The number of nitrogens with two attached hydrogens (primary N) is 1. The number of para-hydroxylation sites is 1. The number of rotatable bonds is 4. The first kappa shape index (κ1) is 13.3. The van der Waals surface area contributed by atoms with Gasteiger partial charge in [0.15, 0.2) is 0 Å². The van der Waals surface area contributed by atoms with Crippen LogP contribution >= 0.6 is 12.2 Å². The fraction of sp³-hybridized carbons (Fsp3) is 0.500. The summed E-state index contributed by atoms with van der Waals surface area (Å²) in [5, 5.41) is 0. The smallest absolute Gasteiger partial charge is 0.106 e. The Morgan fingerprint density at radius 3 is 2.50 bits per heavy atom. The predicted molar refractivity (Wildman–Crippen MR) is 81.3 cm³/mol. The summed E-state index contributed by atoms with van der Waals surface area (Å²) in [6, 6.07) is 8.17. The summed E-state index contributed by atoms with van der Waals surface area (Å²) in [5.41, 5.74) is 7.97. The van der Waals surface area contributed by atoms with Crippen molar-refractivity contribution in [2.75, 3.05) is 37.6 Å². The lowest BCUT2D eigenvalue weighted by molar-refractivity contribution is 0.258. The van der Waals surface area contributed by atoms with Crippen LogP contribution in [0.15, 0.2) is 24.3 Å². The first-order valence-corrected chi connectivity index (χ1v) is 6.99. The van der Waals surface area contributed by atoms with E-state index in [0.29, 0.717) is 4.99 Å². The summed E-state index contributed by atoms with van der Waals surface area (Å²) in [4.78, 5) is 5.39. The SMILES string of the molecule is CCCN1CCN(c2ccccc2C(N)=S)CC1. The van der Waals surface area contributed by atoms with Crippen molar-refractivity contribution in [1.82, 2.24) is 4.90 Å². The van der Waals surface area contributed by atoms with Crippen LogP contribution in [-0.4, -0.2) is 42.6 Å². The molecule has 1 aliphatic heterocycles. The number of nitrogens with zero attached hydrogens (tertiary/aromatic N) is 2. The summed E-state index contributed by atoms with van der Waals surface area (Å²) in [6.45, 7) is 7.79. The van der Waals surface area contributed by atoms with Crippen molar-refractivity contribution < 1.29 is 0 Å². The highest BCUT2D eigenvalue weighted by atomic mass is 32.1. The summed E-state index contributed by atoms with van der Waals surface area (Å²) in [7, 11) is 0. The van der Waals surface area contributed by atoms with Gasteiger partial charge in [-0.1, -0.05) is 31.3 Å². The zero-order chi connectivity index (χ0) is 13.0. The molecule has 1 fully saturated rings. The molecule has 0 amide bonds. The lowest BCUT2D eigenvalue weighted by Crippen LogP contribution is -2.47. The van der Waals surface area contributed by atoms with Gasteiger partial charge in [-0.15, -0.1) is 0 Å². The molecule has 1 aliphatic rings. The minimum atomic E-state index is 0.488. The lowest BCUT2D eigenvalue weighted by atomic mass is 10.1. The molecule has 1 saturated heterocycles. The Labute approximate surface area is 115 Å². The Kier molecular flexibility index (Phi) is 4.55. The standard InChI is InChI=1S/C14H21N3S/c1-2-7-16-8-10-17(11-9-16)13-6-4-3-5-12(13)14(15)18/h3-6H,2,7-11H2,1H3,(H2,15,18). The zero-order valence-electron chi connectivity index (χ0n) is 10.9. The number of piperazine rings is 1. The van der Waals surface area contributed by atoms with E-state index in [9.17, 15) is 0 Å². The van der Waals surface area contributed by atoms with Gasteiger partial charge in [-0.2, -0.15) is 0 Å². The first-order chi connectivity index (χ1) is 8.72. The van der Waals surface area contributed by atoms with E-state index in [1.54, 1.807) is 0 Å². The first-order valence-electron chi connectivity index (χ1n) is 6.58. The topological polar surface area (TPSA) is 32.5 Å². The molecule has 0 radical (unpaired) electrons. The average Bonchev–Trinajstić information content (AvgIpc) is 2.40. The van der Waals surface area contributed by atoms with Gasteiger partial charge in [-0.3, -0.25) is 4.90 Å². The van der Waals surface area contributed by atoms with Gasteiger partial charge >= 0.3 is 0 Å². The predicted octanol–water partition coefficient (Wildman–Crippen LogP) is 1.85. The van der Waals surface area contributed by atoms with Crippen LogP contribution < -0.4 is 10.6 Å². The fourth-order valence-electron chi connectivity index (χ4n) is 2.49. The third-order valence-electron chi connectivity index (χ3n) is 3.42. The Balaban J connectivity index is 2.07. The normalized spacial score (nSPS) is 16.8. The van der Waals surface area contributed by atoms with Crippen LogP contribution in [0.3, 0.4) is 0 Å². The van der Waals surface area contributed by atoms with Crippen LogP contribution in [0.5, 0.6) is 0 Å². The van der Waals surface area contributed by atoms with Gasteiger partial charge in [-0.25, -0.2) is 0 Å². The van der Waals surface area contributed by atoms with Crippen molar-refractivity contribution in [3.05, 3.63) is 29.8 Å². The largest absolute Gasteiger partial charge is 0.389 e. The molecule has 0 saturated carbocycles. The van der Waals surface area contributed by atoms with Gasteiger partial charge in [0.05, 0.1) is 0 Å². The molecule has 0 spiro atoms. The Bertz CT molecular complexity index is 411. The molecule has 98 valence electrons. The van der Waals surface area contributed by atoms with E-state index in [1.165, 1.54) is 18.7 Å². The second kappa shape index (κ2) is 6.16. The van der Waals surface area contributed by atoms with Gasteiger partial charge < -0.3 is 10.6 Å². The Morgan fingerprint density at radius 2 is 1.89 bits per heavy atom. The molecule has 0 aromatic heterocycles. The highest BCUT2D eigenvalue weighted by molar-refractivity contribution is 7.80. The minimum absolute atomic E-state index is 0.488. The van der Waals surface area contributed by atoms with E-state index in [4.69, 9.17) is 18.0 Å². The van der Waals surface area contributed by atoms with Crippen molar-refractivity contribution >= 4 is 22.9 Å². The monoisotopic (exact) mass is 263 g/mol. The van der Waals surface area contributed by atoms with E-state index in [2.05, 4.69) is 28.9 Å². The molecule has 2 rings (SSSR count). The quantitative estimate of drug-likeness (QED) is 0.840. The molecule has 0 atom stereocenters. The summed E-state index contributed by atoms with van der Waals surface area (Å²) >= 11 is 5.12. The molecular formula is C14H21N3S. The number of anilines is 1. The van der Waals surface area contributed by atoms with E-state index < -0.39 is 0 Å². The van der Waals surface area contributed by atoms with Gasteiger partial charge in [0, 0.05) is 37.4 Å². The van der Waals surface area contributed by atoms with Gasteiger partial charge in [0.2, 0.25) is 0 Å². The highest BCUT2D eigenvalue weighted by Crippen LogP contribution is 2.21. The molecule has 0 bridgehead atoms. The van der Waals surface area contributed by atoms with Crippen LogP contribution in [0, 0.1) is 0 Å². The molecule has 0 unspecified atom stereocenters. The van der Waals surface area contributed by atoms with Crippen molar-refractivity contribution in [3.63, 3.8) is 0 Å². The number of hydrogen-bond donors (Lipinski definition) is 1. The summed E-state index contributed by atoms with van der Waals surface area (Å²) in [6.07, 6.45) is 1.23. The fourth-order valence-corrected chi connectivity index (χ4v) is 2.66. The summed E-state index contributed by atoms with van der Waals surface area (Å²) in [5.74, 6) is 0.